The third-order valence-electron chi connectivity index (χ3n) is 4.66. The lowest BCUT2D eigenvalue weighted by Crippen LogP contribution is -2.33. The van der Waals surface area contributed by atoms with E-state index in [0.29, 0.717) is 11.2 Å². The number of pyridine rings is 1. The molecule has 3 heterocycles. The van der Waals surface area contributed by atoms with E-state index in [1.165, 1.54) is 4.52 Å². The van der Waals surface area contributed by atoms with Gasteiger partial charge in [0.1, 0.15) is 5.82 Å². The largest absolute Gasteiger partial charge is 0.342 e. The molecule has 0 spiro atoms. The van der Waals surface area contributed by atoms with Crippen molar-refractivity contribution in [3.05, 3.63) is 54.0 Å². The number of aromatic amines is 1. The fourth-order valence-electron chi connectivity index (χ4n) is 2.94. The summed E-state index contributed by atoms with van der Waals surface area (Å²) in [6.07, 6.45) is 2.53. The van der Waals surface area contributed by atoms with Crippen LogP contribution in [0, 0.1) is 5.92 Å². The summed E-state index contributed by atoms with van der Waals surface area (Å²) in [5.41, 5.74) is 2.94. The van der Waals surface area contributed by atoms with Crippen molar-refractivity contribution in [3.8, 4) is 0 Å². The SMILES string of the molecule is CC[C@@H](C)[C@@H](NC(=O)c1ccc2nnnn2c1)c1nc2ccccc2[nH]1. The molecule has 3 aromatic heterocycles. The van der Waals surface area contributed by atoms with Gasteiger partial charge in [0, 0.05) is 6.20 Å². The number of hydrogen-bond acceptors (Lipinski definition) is 5. The Balaban J connectivity index is 1.64. The second-order valence-electron chi connectivity index (χ2n) is 6.38. The summed E-state index contributed by atoms with van der Waals surface area (Å²) in [5.74, 6) is 0.793. The number of benzene rings is 1. The number of rotatable bonds is 5. The van der Waals surface area contributed by atoms with Crippen LogP contribution in [0.1, 0.15) is 42.5 Å². The number of amides is 1. The number of aromatic nitrogens is 6. The lowest BCUT2D eigenvalue weighted by Gasteiger charge is -2.22. The summed E-state index contributed by atoms with van der Waals surface area (Å²) < 4.78 is 1.48. The average Bonchev–Trinajstić information content (AvgIpc) is 3.30. The molecule has 0 aliphatic heterocycles. The lowest BCUT2D eigenvalue weighted by molar-refractivity contribution is 0.0920. The van der Waals surface area contributed by atoms with Crippen LogP contribution in [0.15, 0.2) is 42.6 Å². The number of fused-ring (bicyclic) bond motifs is 2. The summed E-state index contributed by atoms with van der Waals surface area (Å²) in [6.45, 7) is 4.20. The normalized spacial score (nSPS) is 13.8. The molecule has 0 bridgehead atoms. The Bertz CT molecular complexity index is 1030. The molecule has 0 fully saturated rings. The molecule has 132 valence electrons. The van der Waals surface area contributed by atoms with Gasteiger partial charge in [0.05, 0.1) is 22.6 Å². The van der Waals surface area contributed by atoms with E-state index in [1.807, 2.05) is 24.3 Å². The number of imidazole rings is 1. The molecule has 0 radical (unpaired) electrons. The number of tetrazole rings is 1. The van der Waals surface area contributed by atoms with Crippen molar-refractivity contribution < 1.29 is 4.79 Å². The zero-order valence-corrected chi connectivity index (χ0v) is 14.5. The third kappa shape index (κ3) is 2.90. The summed E-state index contributed by atoms with van der Waals surface area (Å²) >= 11 is 0. The van der Waals surface area contributed by atoms with E-state index in [9.17, 15) is 4.79 Å². The first-order valence-electron chi connectivity index (χ1n) is 8.59. The number of para-hydroxylation sites is 2. The van der Waals surface area contributed by atoms with E-state index in [0.717, 1.165) is 23.3 Å². The Labute approximate surface area is 149 Å². The maximum absolute atomic E-state index is 12.8. The average molecular weight is 349 g/mol. The fraction of sp³-hybridized carbons (Fsp3) is 0.278. The minimum absolute atomic E-state index is 0.187. The molecule has 8 heteroatoms. The van der Waals surface area contributed by atoms with Crippen LogP contribution in [0.25, 0.3) is 16.7 Å². The van der Waals surface area contributed by atoms with E-state index >= 15 is 0 Å². The first-order chi connectivity index (χ1) is 12.7. The van der Waals surface area contributed by atoms with Gasteiger partial charge in [-0.05, 0) is 40.6 Å². The van der Waals surface area contributed by atoms with Crippen LogP contribution in [-0.2, 0) is 0 Å². The highest BCUT2D eigenvalue weighted by atomic mass is 16.1. The zero-order valence-electron chi connectivity index (χ0n) is 14.5. The van der Waals surface area contributed by atoms with Crippen LogP contribution < -0.4 is 5.32 Å². The van der Waals surface area contributed by atoms with E-state index in [-0.39, 0.29) is 17.9 Å². The van der Waals surface area contributed by atoms with Gasteiger partial charge in [0.2, 0.25) is 0 Å². The second-order valence-corrected chi connectivity index (χ2v) is 6.38. The highest BCUT2D eigenvalue weighted by Crippen LogP contribution is 2.25. The van der Waals surface area contributed by atoms with Crippen molar-refractivity contribution in [2.45, 2.75) is 26.3 Å². The summed E-state index contributed by atoms with van der Waals surface area (Å²) in [5, 5.41) is 14.4. The van der Waals surface area contributed by atoms with E-state index < -0.39 is 0 Å². The molecular formula is C18H19N7O. The number of hydrogen-bond donors (Lipinski definition) is 2. The van der Waals surface area contributed by atoms with Crippen LogP contribution in [0.2, 0.25) is 0 Å². The Hall–Kier alpha value is -3.29. The van der Waals surface area contributed by atoms with Crippen LogP contribution in [-0.4, -0.2) is 35.9 Å². The van der Waals surface area contributed by atoms with E-state index in [2.05, 4.69) is 44.7 Å². The third-order valence-corrected chi connectivity index (χ3v) is 4.66. The van der Waals surface area contributed by atoms with Gasteiger partial charge in [0.25, 0.3) is 5.91 Å². The monoisotopic (exact) mass is 349 g/mol. The summed E-state index contributed by atoms with van der Waals surface area (Å²) in [7, 11) is 0. The summed E-state index contributed by atoms with van der Waals surface area (Å²) in [6, 6.07) is 11.1. The van der Waals surface area contributed by atoms with Crippen molar-refractivity contribution in [2.24, 2.45) is 5.92 Å². The highest BCUT2D eigenvalue weighted by molar-refractivity contribution is 5.94. The number of H-pyrrole nitrogens is 1. The molecule has 1 amide bonds. The van der Waals surface area contributed by atoms with E-state index in [4.69, 9.17) is 0 Å². The van der Waals surface area contributed by atoms with Gasteiger partial charge in [-0.25, -0.2) is 4.98 Å². The molecule has 1 aromatic carbocycles. The number of carbonyl (C=O) groups is 1. The lowest BCUT2D eigenvalue weighted by atomic mass is 9.98. The number of nitrogens with one attached hydrogen (secondary N) is 2. The molecule has 2 atom stereocenters. The van der Waals surface area contributed by atoms with Crippen molar-refractivity contribution in [1.82, 2.24) is 35.3 Å². The molecule has 4 aromatic rings. The van der Waals surface area contributed by atoms with Gasteiger partial charge < -0.3 is 10.3 Å². The van der Waals surface area contributed by atoms with Crippen LogP contribution in [0.3, 0.4) is 0 Å². The maximum Gasteiger partial charge on any atom is 0.253 e. The second kappa shape index (κ2) is 6.55. The van der Waals surface area contributed by atoms with Gasteiger partial charge in [-0.1, -0.05) is 32.4 Å². The fourth-order valence-corrected chi connectivity index (χ4v) is 2.94. The molecule has 0 aliphatic carbocycles. The topological polar surface area (TPSA) is 101 Å². The molecule has 0 unspecified atom stereocenters. The van der Waals surface area contributed by atoms with E-state index in [1.54, 1.807) is 18.3 Å². The summed E-state index contributed by atoms with van der Waals surface area (Å²) in [4.78, 5) is 20.8. The predicted molar refractivity (Wildman–Crippen MR) is 96.5 cm³/mol. The van der Waals surface area contributed by atoms with Gasteiger partial charge in [-0.3, -0.25) is 4.79 Å². The smallest absolute Gasteiger partial charge is 0.253 e. The molecule has 8 nitrogen and oxygen atoms in total. The Morgan fingerprint density at radius 1 is 1.27 bits per heavy atom. The van der Waals surface area contributed by atoms with Gasteiger partial charge in [0.15, 0.2) is 5.65 Å². The Kier molecular flexibility index (Phi) is 4.08. The standard InChI is InChI=1S/C18H19N7O/c1-3-11(2)16(17-19-13-6-4-5-7-14(13)20-17)21-18(26)12-8-9-15-22-23-24-25(15)10-12/h4-11,16H,3H2,1-2H3,(H,19,20)(H,21,26)/t11-,16-/m1/s1. The molecule has 26 heavy (non-hydrogen) atoms. The zero-order chi connectivity index (χ0) is 18.1. The minimum atomic E-state index is -0.218. The van der Waals surface area contributed by atoms with Crippen LogP contribution >= 0.6 is 0 Å². The first kappa shape index (κ1) is 16.2. The first-order valence-corrected chi connectivity index (χ1v) is 8.59. The van der Waals surface area contributed by atoms with Crippen LogP contribution in [0.5, 0.6) is 0 Å². The minimum Gasteiger partial charge on any atom is -0.342 e. The van der Waals surface area contributed by atoms with Crippen molar-refractivity contribution >= 4 is 22.6 Å². The highest BCUT2D eigenvalue weighted by Gasteiger charge is 2.24. The maximum atomic E-state index is 12.8. The van der Waals surface area contributed by atoms with Gasteiger partial charge in [-0.15, -0.1) is 5.10 Å². The predicted octanol–water partition coefficient (Wildman–Crippen LogP) is 2.52. The van der Waals surface area contributed by atoms with Crippen molar-refractivity contribution in [2.75, 3.05) is 0 Å². The quantitative estimate of drug-likeness (QED) is 0.576. The molecule has 2 N–H and O–H groups in total. The number of nitrogens with zero attached hydrogens (tertiary/aromatic N) is 5. The van der Waals surface area contributed by atoms with Crippen molar-refractivity contribution in [1.29, 1.82) is 0 Å². The molecule has 0 aliphatic rings. The Morgan fingerprint density at radius 3 is 2.92 bits per heavy atom. The molecule has 4 rings (SSSR count). The van der Waals surface area contributed by atoms with Gasteiger partial charge in [-0.2, -0.15) is 4.52 Å². The Morgan fingerprint density at radius 2 is 2.12 bits per heavy atom. The molecular weight excluding hydrogens is 330 g/mol. The van der Waals surface area contributed by atoms with Crippen LogP contribution in [0.4, 0.5) is 0 Å². The van der Waals surface area contributed by atoms with Gasteiger partial charge >= 0.3 is 0 Å². The molecule has 0 saturated heterocycles. The van der Waals surface area contributed by atoms with Crippen molar-refractivity contribution in [3.63, 3.8) is 0 Å². The number of carbonyl (C=O) groups excluding carboxylic acids is 1. The molecule has 0 saturated carbocycles.